The number of aromatic nitrogens is 1. The molecular formula is C20H23F3N4O. The molecule has 5 nitrogen and oxygen atoms in total. The Balaban J connectivity index is 1.61. The molecule has 1 aromatic heterocycles. The molecule has 150 valence electrons. The lowest BCUT2D eigenvalue weighted by Crippen LogP contribution is -2.54. The Hall–Kier alpha value is -2.61. The summed E-state index contributed by atoms with van der Waals surface area (Å²) < 4.78 is 38.0. The summed E-state index contributed by atoms with van der Waals surface area (Å²) in [5, 5.41) is 2.83. The van der Waals surface area contributed by atoms with Gasteiger partial charge in [0.2, 0.25) is 0 Å². The Morgan fingerprint density at radius 3 is 2.64 bits per heavy atom. The van der Waals surface area contributed by atoms with Gasteiger partial charge in [-0.3, -0.25) is 14.7 Å². The molecule has 1 aliphatic heterocycles. The number of benzene rings is 1. The second-order valence-electron chi connectivity index (χ2n) is 6.95. The molecule has 2 aromatic rings. The van der Waals surface area contributed by atoms with Gasteiger partial charge in [0.05, 0.1) is 6.54 Å². The third-order valence-electron chi connectivity index (χ3n) is 4.78. The molecule has 1 unspecified atom stereocenters. The quantitative estimate of drug-likeness (QED) is 0.850. The normalized spacial score (nSPS) is 18.1. The number of hydrogen-bond acceptors (Lipinski definition) is 4. The number of carbonyl (C=O) groups excluding carboxylic acids is 1. The maximum atomic E-state index is 12.7. The Morgan fingerprint density at radius 1 is 1.21 bits per heavy atom. The number of nitrogens with zero attached hydrogens (tertiary/aromatic N) is 3. The molecule has 1 saturated heterocycles. The van der Waals surface area contributed by atoms with Crippen molar-refractivity contribution in [1.82, 2.24) is 15.2 Å². The van der Waals surface area contributed by atoms with Crippen molar-refractivity contribution in [3.05, 3.63) is 59.9 Å². The second kappa shape index (κ2) is 8.60. The highest BCUT2D eigenvalue weighted by molar-refractivity contribution is 5.93. The number of rotatable bonds is 5. The Kier molecular flexibility index (Phi) is 6.18. The van der Waals surface area contributed by atoms with E-state index in [0.717, 1.165) is 11.3 Å². The molecular weight excluding hydrogens is 369 g/mol. The second-order valence-corrected chi connectivity index (χ2v) is 6.95. The summed E-state index contributed by atoms with van der Waals surface area (Å²) in [6.45, 7) is 2.54. The molecule has 1 aliphatic rings. The minimum atomic E-state index is -4.20. The van der Waals surface area contributed by atoms with Crippen LogP contribution in [0, 0.1) is 0 Å². The highest BCUT2D eigenvalue weighted by Gasteiger charge is 2.35. The van der Waals surface area contributed by atoms with E-state index in [-0.39, 0.29) is 11.9 Å². The molecule has 1 atom stereocenters. The lowest BCUT2D eigenvalue weighted by Gasteiger charge is -2.41. The fourth-order valence-electron chi connectivity index (χ4n) is 3.30. The average Bonchev–Trinajstić information content (AvgIpc) is 2.67. The van der Waals surface area contributed by atoms with Gasteiger partial charge in [0.1, 0.15) is 5.69 Å². The van der Waals surface area contributed by atoms with E-state index in [1.807, 2.05) is 35.2 Å². The van der Waals surface area contributed by atoms with Crippen molar-refractivity contribution < 1.29 is 18.0 Å². The summed E-state index contributed by atoms with van der Waals surface area (Å²) in [6.07, 6.45) is -2.64. The summed E-state index contributed by atoms with van der Waals surface area (Å²) in [5.41, 5.74) is 2.07. The summed E-state index contributed by atoms with van der Waals surface area (Å²) in [4.78, 5) is 20.0. The van der Waals surface area contributed by atoms with Crippen molar-refractivity contribution in [2.75, 3.05) is 31.1 Å². The van der Waals surface area contributed by atoms with Crippen LogP contribution < -0.4 is 10.2 Å². The number of alkyl halides is 3. The molecule has 1 fully saturated rings. The van der Waals surface area contributed by atoms with E-state index in [2.05, 4.69) is 10.3 Å². The van der Waals surface area contributed by atoms with E-state index in [9.17, 15) is 18.0 Å². The first-order valence-corrected chi connectivity index (χ1v) is 9.16. The molecule has 2 heterocycles. The van der Waals surface area contributed by atoms with Crippen molar-refractivity contribution >= 4 is 11.6 Å². The predicted octanol–water partition coefficient (Wildman–Crippen LogP) is 3.08. The van der Waals surface area contributed by atoms with E-state index < -0.39 is 12.7 Å². The van der Waals surface area contributed by atoms with Gasteiger partial charge in [-0.1, -0.05) is 30.3 Å². The molecule has 28 heavy (non-hydrogen) atoms. The highest BCUT2D eigenvalue weighted by Crippen LogP contribution is 2.23. The van der Waals surface area contributed by atoms with Gasteiger partial charge < -0.3 is 10.2 Å². The number of amides is 1. The van der Waals surface area contributed by atoms with Crippen LogP contribution in [0.1, 0.15) is 23.0 Å². The van der Waals surface area contributed by atoms with E-state index in [0.29, 0.717) is 31.9 Å². The van der Waals surface area contributed by atoms with Crippen molar-refractivity contribution in [3.63, 3.8) is 0 Å². The van der Waals surface area contributed by atoms with Crippen molar-refractivity contribution in [2.45, 2.75) is 25.7 Å². The lowest BCUT2D eigenvalue weighted by molar-refractivity contribution is -0.150. The smallest absolute Gasteiger partial charge is 0.369 e. The zero-order chi connectivity index (χ0) is 20.1. The van der Waals surface area contributed by atoms with Gasteiger partial charge in [0.15, 0.2) is 0 Å². The van der Waals surface area contributed by atoms with Gasteiger partial charge in [-0.15, -0.1) is 0 Å². The van der Waals surface area contributed by atoms with Gasteiger partial charge in [-0.25, -0.2) is 0 Å². The number of carbonyl (C=O) groups is 1. The number of halogens is 3. The molecule has 0 spiro atoms. The van der Waals surface area contributed by atoms with Crippen LogP contribution in [0.5, 0.6) is 0 Å². The SMILES string of the molecule is CC1CN(c2ccnc(C(=O)NCc3ccccc3)c2)CCN1CC(F)(F)F. The molecule has 0 aliphatic carbocycles. The summed E-state index contributed by atoms with van der Waals surface area (Å²) >= 11 is 0. The fraction of sp³-hybridized carbons (Fsp3) is 0.400. The van der Waals surface area contributed by atoms with Crippen LogP contribution in [-0.4, -0.2) is 54.2 Å². The minimum Gasteiger partial charge on any atom is -0.369 e. The molecule has 0 saturated carbocycles. The van der Waals surface area contributed by atoms with Crippen molar-refractivity contribution in [3.8, 4) is 0 Å². The van der Waals surface area contributed by atoms with Crippen LogP contribution in [0.25, 0.3) is 0 Å². The van der Waals surface area contributed by atoms with E-state index >= 15 is 0 Å². The number of hydrogen-bond donors (Lipinski definition) is 1. The first kappa shape index (κ1) is 20.1. The van der Waals surface area contributed by atoms with Gasteiger partial charge in [-0.05, 0) is 24.6 Å². The molecule has 1 amide bonds. The average molecular weight is 392 g/mol. The van der Waals surface area contributed by atoms with E-state index in [1.54, 1.807) is 25.3 Å². The third-order valence-corrected chi connectivity index (χ3v) is 4.78. The zero-order valence-corrected chi connectivity index (χ0v) is 15.6. The summed E-state index contributed by atoms with van der Waals surface area (Å²) in [7, 11) is 0. The molecule has 1 aromatic carbocycles. The molecule has 3 rings (SSSR count). The molecule has 1 N–H and O–H groups in total. The molecule has 0 bridgehead atoms. The van der Waals surface area contributed by atoms with Crippen LogP contribution in [-0.2, 0) is 6.54 Å². The predicted molar refractivity (Wildman–Crippen MR) is 101 cm³/mol. The van der Waals surface area contributed by atoms with Crippen LogP contribution in [0.2, 0.25) is 0 Å². The van der Waals surface area contributed by atoms with Crippen molar-refractivity contribution in [1.29, 1.82) is 0 Å². The Bertz CT molecular complexity index is 798. The van der Waals surface area contributed by atoms with E-state index in [4.69, 9.17) is 0 Å². The lowest BCUT2D eigenvalue weighted by atomic mass is 10.1. The highest BCUT2D eigenvalue weighted by atomic mass is 19.4. The maximum Gasteiger partial charge on any atom is 0.401 e. The topological polar surface area (TPSA) is 48.5 Å². The maximum absolute atomic E-state index is 12.7. The first-order chi connectivity index (χ1) is 13.3. The van der Waals surface area contributed by atoms with Crippen LogP contribution in [0.4, 0.5) is 18.9 Å². The number of nitrogens with one attached hydrogen (secondary N) is 1. The summed E-state index contributed by atoms with van der Waals surface area (Å²) in [6, 6.07) is 12.8. The summed E-state index contributed by atoms with van der Waals surface area (Å²) in [5.74, 6) is -0.283. The standard InChI is InChI=1S/C20H23F3N4O/c1-15-13-26(9-10-27(15)14-20(21,22)23)17-7-8-24-18(11-17)19(28)25-12-16-5-3-2-4-6-16/h2-8,11,15H,9-10,12-14H2,1H3,(H,25,28). The van der Waals surface area contributed by atoms with Gasteiger partial charge in [-0.2, -0.15) is 13.2 Å². The fourth-order valence-corrected chi connectivity index (χ4v) is 3.30. The molecule has 8 heteroatoms. The third kappa shape index (κ3) is 5.45. The van der Waals surface area contributed by atoms with Crippen LogP contribution in [0.3, 0.4) is 0 Å². The van der Waals surface area contributed by atoms with Crippen molar-refractivity contribution in [2.24, 2.45) is 0 Å². The van der Waals surface area contributed by atoms with Gasteiger partial charge >= 0.3 is 6.18 Å². The zero-order valence-electron chi connectivity index (χ0n) is 15.6. The number of pyridine rings is 1. The minimum absolute atomic E-state index is 0.237. The largest absolute Gasteiger partial charge is 0.401 e. The Labute approximate surface area is 162 Å². The van der Waals surface area contributed by atoms with Gasteiger partial charge in [0, 0.05) is 44.1 Å². The molecule has 0 radical (unpaired) electrons. The number of anilines is 1. The van der Waals surface area contributed by atoms with Gasteiger partial charge in [0.25, 0.3) is 5.91 Å². The number of piperazine rings is 1. The first-order valence-electron chi connectivity index (χ1n) is 9.16. The van der Waals surface area contributed by atoms with Crippen LogP contribution >= 0.6 is 0 Å². The monoisotopic (exact) mass is 392 g/mol. The van der Waals surface area contributed by atoms with Crippen LogP contribution in [0.15, 0.2) is 48.7 Å². The Morgan fingerprint density at radius 2 is 1.96 bits per heavy atom. The van der Waals surface area contributed by atoms with E-state index in [1.165, 1.54) is 4.90 Å².